The second kappa shape index (κ2) is 5.57. The van der Waals surface area contributed by atoms with Crippen LogP contribution in [0.4, 0.5) is 0 Å². The zero-order chi connectivity index (χ0) is 13.8. The number of aromatic nitrogens is 7. The number of amides is 1. The van der Waals surface area contributed by atoms with E-state index < -0.39 is 0 Å². The third-order valence-electron chi connectivity index (χ3n) is 2.44. The maximum absolute atomic E-state index is 11.7. The van der Waals surface area contributed by atoms with Crippen LogP contribution in [0.15, 0.2) is 23.2 Å². The summed E-state index contributed by atoms with van der Waals surface area (Å²) < 4.78 is 0. The molecule has 0 aromatic carbocycles. The standard InChI is InChI=1S/C10H10N8OS/c19-9(11-3-8-12-6-13-14-8)4-18-16-10(15-17-18)7-1-2-20-5-7/h1-2,5-6H,3-4H2,(H,11,19)(H,12,13,14). The van der Waals surface area contributed by atoms with Crippen molar-refractivity contribution < 1.29 is 4.79 Å². The molecule has 0 unspecified atom stereocenters. The number of carbonyl (C=O) groups is 1. The molecule has 0 atom stereocenters. The van der Waals surface area contributed by atoms with E-state index in [1.807, 2.05) is 16.8 Å². The van der Waals surface area contributed by atoms with Gasteiger partial charge in [-0.3, -0.25) is 9.89 Å². The molecule has 0 saturated carbocycles. The Labute approximate surface area is 117 Å². The van der Waals surface area contributed by atoms with Crippen LogP contribution in [0.25, 0.3) is 11.4 Å². The van der Waals surface area contributed by atoms with Crippen molar-refractivity contribution in [3.63, 3.8) is 0 Å². The lowest BCUT2D eigenvalue weighted by Gasteiger charge is -2.01. The van der Waals surface area contributed by atoms with Gasteiger partial charge >= 0.3 is 0 Å². The average Bonchev–Trinajstić information content (AvgIpc) is 3.18. The molecule has 0 aliphatic rings. The lowest BCUT2D eigenvalue weighted by atomic mass is 10.3. The van der Waals surface area contributed by atoms with Crippen molar-refractivity contribution in [1.82, 2.24) is 40.7 Å². The molecular formula is C10H10N8OS. The Hall–Kier alpha value is -2.62. The van der Waals surface area contributed by atoms with Gasteiger partial charge in [0.1, 0.15) is 18.7 Å². The molecule has 20 heavy (non-hydrogen) atoms. The third-order valence-corrected chi connectivity index (χ3v) is 3.12. The third kappa shape index (κ3) is 2.85. The number of hydrogen-bond donors (Lipinski definition) is 2. The topological polar surface area (TPSA) is 114 Å². The van der Waals surface area contributed by atoms with Crippen LogP contribution in [-0.4, -0.2) is 41.3 Å². The number of rotatable bonds is 5. The van der Waals surface area contributed by atoms with Gasteiger partial charge in [0.2, 0.25) is 11.7 Å². The van der Waals surface area contributed by atoms with E-state index >= 15 is 0 Å². The monoisotopic (exact) mass is 290 g/mol. The Kier molecular flexibility index (Phi) is 3.46. The van der Waals surface area contributed by atoms with Crippen molar-refractivity contribution in [2.75, 3.05) is 0 Å². The van der Waals surface area contributed by atoms with Gasteiger partial charge in [0.15, 0.2) is 0 Å². The highest BCUT2D eigenvalue weighted by atomic mass is 32.1. The number of H-pyrrole nitrogens is 1. The normalized spacial score (nSPS) is 10.6. The smallest absolute Gasteiger partial charge is 0.244 e. The molecule has 3 rings (SSSR count). The molecule has 0 bridgehead atoms. The fraction of sp³-hybridized carbons (Fsp3) is 0.200. The molecule has 2 N–H and O–H groups in total. The molecule has 3 aromatic rings. The molecule has 10 heteroatoms. The van der Waals surface area contributed by atoms with Crippen LogP contribution in [0.2, 0.25) is 0 Å². The number of carbonyl (C=O) groups excluding carboxylic acids is 1. The summed E-state index contributed by atoms with van der Waals surface area (Å²) in [6.07, 6.45) is 1.38. The van der Waals surface area contributed by atoms with E-state index in [-0.39, 0.29) is 19.0 Å². The highest BCUT2D eigenvalue weighted by Gasteiger charge is 2.09. The van der Waals surface area contributed by atoms with Gasteiger partial charge < -0.3 is 5.32 Å². The Morgan fingerprint density at radius 1 is 1.50 bits per heavy atom. The second-order valence-electron chi connectivity index (χ2n) is 3.86. The van der Waals surface area contributed by atoms with E-state index in [9.17, 15) is 4.79 Å². The molecule has 9 nitrogen and oxygen atoms in total. The van der Waals surface area contributed by atoms with Gasteiger partial charge in [0, 0.05) is 10.9 Å². The Morgan fingerprint density at radius 3 is 3.20 bits per heavy atom. The zero-order valence-electron chi connectivity index (χ0n) is 10.2. The van der Waals surface area contributed by atoms with E-state index in [4.69, 9.17) is 0 Å². The lowest BCUT2D eigenvalue weighted by molar-refractivity contribution is -0.122. The van der Waals surface area contributed by atoms with E-state index in [2.05, 4.69) is 35.9 Å². The molecule has 1 amide bonds. The molecule has 0 fully saturated rings. The summed E-state index contributed by atoms with van der Waals surface area (Å²) in [5, 5.41) is 24.8. The van der Waals surface area contributed by atoms with Gasteiger partial charge in [-0.2, -0.15) is 21.2 Å². The highest BCUT2D eigenvalue weighted by molar-refractivity contribution is 7.08. The average molecular weight is 290 g/mol. The van der Waals surface area contributed by atoms with E-state index in [1.54, 1.807) is 11.3 Å². The molecule has 0 radical (unpaired) electrons. The van der Waals surface area contributed by atoms with E-state index in [0.29, 0.717) is 11.6 Å². The highest BCUT2D eigenvalue weighted by Crippen LogP contribution is 2.16. The summed E-state index contributed by atoms with van der Waals surface area (Å²) in [4.78, 5) is 16.9. The predicted molar refractivity (Wildman–Crippen MR) is 69.4 cm³/mol. The Morgan fingerprint density at radius 2 is 2.45 bits per heavy atom. The van der Waals surface area contributed by atoms with Crippen molar-refractivity contribution in [2.24, 2.45) is 0 Å². The number of aromatic amines is 1. The summed E-state index contributed by atoms with van der Waals surface area (Å²) in [5.74, 6) is 0.869. The number of nitrogens with one attached hydrogen (secondary N) is 2. The summed E-state index contributed by atoms with van der Waals surface area (Å²) in [6, 6.07) is 1.90. The molecule has 0 spiro atoms. The summed E-state index contributed by atoms with van der Waals surface area (Å²) >= 11 is 1.55. The minimum atomic E-state index is -0.226. The minimum Gasteiger partial charge on any atom is -0.347 e. The molecule has 102 valence electrons. The SMILES string of the molecule is O=C(Cn1nnc(-c2ccsc2)n1)NCc1ncn[nH]1. The maximum Gasteiger partial charge on any atom is 0.244 e. The Bertz CT molecular complexity index is 674. The van der Waals surface area contributed by atoms with Crippen molar-refractivity contribution in [1.29, 1.82) is 0 Å². The van der Waals surface area contributed by atoms with Crippen molar-refractivity contribution in [3.8, 4) is 11.4 Å². The first-order valence-electron chi connectivity index (χ1n) is 5.72. The van der Waals surface area contributed by atoms with Crippen molar-refractivity contribution in [3.05, 3.63) is 29.0 Å². The number of tetrazole rings is 1. The van der Waals surface area contributed by atoms with Crippen LogP contribution in [0.1, 0.15) is 5.82 Å². The summed E-state index contributed by atoms with van der Waals surface area (Å²) in [5.41, 5.74) is 0.892. The van der Waals surface area contributed by atoms with Gasteiger partial charge in [-0.15, -0.1) is 10.2 Å². The van der Waals surface area contributed by atoms with Crippen LogP contribution in [-0.2, 0) is 17.9 Å². The lowest BCUT2D eigenvalue weighted by Crippen LogP contribution is -2.28. The van der Waals surface area contributed by atoms with E-state index in [1.165, 1.54) is 11.1 Å². The van der Waals surface area contributed by atoms with E-state index in [0.717, 1.165) is 5.56 Å². The summed E-state index contributed by atoms with van der Waals surface area (Å²) in [6.45, 7) is 0.288. The number of hydrogen-bond acceptors (Lipinski definition) is 7. The largest absolute Gasteiger partial charge is 0.347 e. The Balaban J connectivity index is 1.56. The van der Waals surface area contributed by atoms with Gasteiger partial charge in [-0.25, -0.2) is 4.98 Å². The first kappa shape index (κ1) is 12.4. The van der Waals surface area contributed by atoms with Gasteiger partial charge in [0.25, 0.3) is 0 Å². The first-order chi connectivity index (χ1) is 9.81. The van der Waals surface area contributed by atoms with Crippen LogP contribution in [0.5, 0.6) is 0 Å². The van der Waals surface area contributed by atoms with Crippen molar-refractivity contribution >= 4 is 17.2 Å². The second-order valence-corrected chi connectivity index (χ2v) is 4.64. The van der Waals surface area contributed by atoms with Crippen LogP contribution >= 0.6 is 11.3 Å². The fourth-order valence-electron chi connectivity index (χ4n) is 1.50. The maximum atomic E-state index is 11.7. The molecule has 3 aromatic heterocycles. The van der Waals surface area contributed by atoms with Crippen LogP contribution in [0.3, 0.4) is 0 Å². The molecule has 0 aliphatic heterocycles. The molecule has 0 aliphatic carbocycles. The summed E-state index contributed by atoms with van der Waals surface area (Å²) in [7, 11) is 0. The zero-order valence-corrected chi connectivity index (χ0v) is 11.0. The van der Waals surface area contributed by atoms with Crippen LogP contribution in [0, 0.1) is 0 Å². The number of nitrogens with zero attached hydrogens (tertiary/aromatic N) is 6. The molecular weight excluding hydrogens is 280 g/mol. The quantitative estimate of drug-likeness (QED) is 0.674. The van der Waals surface area contributed by atoms with Crippen LogP contribution < -0.4 is 5.32 Å². The van der Waals surface area contributed by atoms with Gasteiger partial charge in [-0.1, -0.05) is 0 Å². The molecule has 0 saturated heterocycles. The van der Waals surface area contributed by atoms with Crippen molar-refractivity contribution in [2.45, 2.75) is 13.1 Å². The van der Waals surface area contributed by atoms with Gasteiger partial charge in [0.05, 0.1) is 6.54 Å². The number of thiophene rings is 1. The first-order valence-corrected chi connectivity index (χ1v) is 6.67. The minimum absolute atomic E-state index is 0.00523. The molecule has 3 heterocycles. The predicted octanol–water partition coefficient (Wildman–Crippen LogP) is -0.164. The van der Waals surface area contributed by atoms with Gasteiger partial charge in [-0.05, 0) is 16.7 Å². The fourth-order valence-corrected chi connectivity index (χ4v) is 2.13.